The molecule has 0 aliphatic carbocycles. The highest BCUT2D eigenvalue weighted by Gasteiger charge is 2.51. The molecule has 3 aliphatic rings. The van der Waals surface area contributed by atoms with Crippen molar-refractivity contribution >= 4 is 39.1 Å². The summed E-state index contributed by atoms with van der Waals surface area (Å²) in [5.74, 6) is -1.75. The van der Waals surface area contributed by atoms with Gasteiger partial charge in [-0.3, -0.25) is 14.6 Å². The number of hydrogen-bond donors (Lipinski definition) is 0. The first-order valence-electron chi connectivity index (χ1n) is 10.1. The van der Waals surface area contributed by atoms with Gasteiger partial charge in [-0.15, -0.1) is 11.3 Å². The molecule has 5 heterocycles. The van der Waals surface area contributed by atoms with Gasteiger partial charge in [0.05, 0.1) is 23.0 Å². The van der Waals surface area contributed by atoms with Gasteiger partial charge in [-0.1, -0.05) is 11.6 Å². The van der Waals surface area contributed by atoms with Crippen molar-refractivity contribution in [1.82, 2.24) is 24.7 Å². The van der Waals surface area contributed by atoms with E-state index < -0.39 is 17.6 Å². The number of alkyl halides is 4. The number of rotatable bonds is 3. The molecule has 5 rings (SSSR count). The molecule has 31 heavy (non-hydrogen) atoms. The molecule has 4 unspecified atom stereocenters. The quantitative estimate of drug-likeness (QED) is 0.636. The Labute approximate surface area is 185 Å². The molecular formula is C19H21ClF3N5O2S. The summed E-state index contributed by atoms with van der Waals surface area (Å²) in [4.78, 5) is 26.8. The first-order chi connectivity index (χ1) is 14.8. The SMILES string of the molecule is O=C(N1CC2CCC(C1)N2C(c1cc2ncncc2s1)N1CCOC(Cl)C1)C(F)(F)F. The lowest BCUT2D eigenvalue weighted by atomic mass is 10.1. The van der Waals surface area contributed by atoms with Gasteiger partial charge < -0.3 is 9.64 Å². The minimum Gasteiger partial charge on any atom is -0.360 e. The van der Waals surface area contributed by atoms with Gasteiger partial charge in [0, 0.05) is 49.3 Å². The van der Waals surface area contributed by atoms with Crippen molar-refractivity contribution in [2.45, 2.75) is 42.8 Å². The van der Waals surface area contributed by atoms with Crippen molar-refractivity contribution in [3.8, 4) is 0 Å². The molecule has 3 saturated heterocycles. The topological polar surface area (TPSA) is 61.8 Å². The highest BCUT2D eigenvalue weighted by molar-refractivity contribution is 7.19. The third-order valence-electron chi connectivity index (χ3n) is 6.22. The van der Waals surface area contributed by atoms with Crippen LogP contribution in [0.15, 0.2) is 18.6 Å². The van der Waals surface area contributed by atoms with Crippen LogP contribution in [0.2, 0.25) is 0 Å². The molecule has 168 valence electrons. The molecule has 0 spiro atoms. The number of fused-ring (bicyclic) bond motifs is 3. The zero-order valence-corrected chi connectivity index (χ0v) is 18.0. The Balaban J connectivity index is 1.48. The normalized spacial score (nSPS) is 28.9. The predicted octanol–water partition coefficient (Wildman–Crippen LogP) is 2.82. The standard InChI is InChI=1S/C19H21ClF3N5O2S/c20-16-9-26(3-4-30-16)17(14-5-13-15(31-14)6-24-10-25-13)28-11-1-2-12(28)8-27(7-11)18(29)19(21,22)23/h5-6,10-12,16-17H,1-4,7-9H2. The van der Waals surface area contributed by atoms with Crippen LogP contribution in [-0.2, 0) is 9.53 Å². The number of hydrogen-bond acceptors (Lipinski definition) is 7. The van der Waals surface area contributed by atoms with Crippen LogP contribution < -0.4 is 0 Å². The van der Waals surface area contributed by atoms with Crippen LogP contribution in [0.4, 0.5) is 13.2 Å². The van der Waals surface area contributed by atoms with E-state index in [-0.39, 0.29) is 31.3 Å². The maximum atomic E-state index is 13.0. The number of likely N-dealkylation sites (tertiary alicyclic amines) is 1. The summed E-state index contributed by atoms with van der Waals surface area (Å²) < 4.78 is 45.5. The van der Waals surface area contributed by atoms with Gasteiger partial charge in [0.15, 0.2) is 0 Å². The Kier molecular flexibility index (Phi) is 5.58. The van der Waals surface area contributed by atoms with Crippen LogP contribution >= 0.6 is 22.9 Å². The lowest BCUT2D eigenvalue weighted by Crippen LogP contribution is -2.61. The van der Waals surface area contributed by atoms with Crippen molar-refractivity contribution < 1.29 is 22.7 Å². The van der Waals surface area contributed by atoms with E-state index in [9.17, 15) is 18.0 Å². The van der Waals surface area contributed by atoms with Gasteiger partial charge >= 0.3 is 12.1 Å². The second kappa shape index (κ2) is 8.11. The number of morpholine rings is 1. The molecule has 0 radical (unpaired) electrons. The summed E-state index contributed by atoms with van der Waals surface area (Å²) in [6.45, 7) is 1.80. The van der Waals surface area contributed by atoms with Gasteiger partial charge in [0.2, 0.25) is 0 Å². The van der Waals surface area contributed by atoms with E-state index in [0.717, 1.165) is 32.8 Å². The Morgan fingerprint density at radius 1 is 1.26 bits per heavy atom. The molecule has 7 nitrogen and oxygen atoms in total. The van der Waals surface area contributed by atoms with E-state index >= 15 is 0 Å². The van der Waals surface area contributed by atoms with Gasteiger partial charge in [-0.05, 0) is 18.9 Å². The number of carbonyl (C=O) groups is 1. The fourth-order valence-electron chi connectivity index (χ4n) is 4.98. The molecule has 0 N–H and O–H groups in total. The summed E-state index contributed by atoms with van der Waals surface area (Å²) in [5.41, 5.74) is 0.394. The molecular weight excluding hydrogens is 455 g/mol. The summed E-state index contributed by atoms with van der Waals surface area (Å²) in [5, 5.41) is 0. The molecule has 12 heteroatoms. The molecule has 4 atom stereocenters. The van der Waals surface area contributed by atoms with Crippen molar-refractivity contribution in [2.24, 2.45) is 0 Å². The van der Waals surface area contributed by atoms with Gasteiger partial charge in [0.25, 0.3) is 0 Å². The van der Waals surface area contributed by atoms with E-state index in [1.165, 1.54) is 6.33 Å². The summed E-state index contributed by atoms with van der Waals surface area (Å²) in [6.07, 6.45) is -0.232. The van der Waals surface area contributed by atoms with Crippen LogP contribution in [0.3, 0.4) is 0 Å². The monoisotopic (exact) mass is 475 g/mol. The number of piperazine rings is 1. The second-order valence-corrected chi connectivity index (χ2v) is 9.71. The van der Waals surface area contributed by atoms with E-state index in [1.807, 2.05) is 6.07 Å². The van der Waals surface area contributed by atoms with E-state index in [0.29, 0.717) is 19.7 Å². The van der Waals surface area contributed by atoms with Crippen molar-refractivity contribution in [2.75, 3.05) is 32.8 Å². The van der Waals surface area contributed by atoms with Crippen LogP contribution in [0.5, 0.6) is 0 Å². The molecule has 3 aliphatic heterocycles. The average Bonchev–Trinajstić information content (AvgIpc) is 3.25. The lowest BCUT2D eigenvalue weighted by Gasteiger charge is -2.49. The minimum absolute atomic E-state index is 0.0741. The first kappa shape index (κ1) is 21.3. The Morgan fingerprint density at radius 2 is 2.00 bits per heavy atom. The highest BCUT2D eigenvalue weighted by Crippen LogP contribution is 2.43. The number of aromatic nitrogens is 2. The summed E-state index contributed by atoms with van der Waals surface area (Å²) in [6, 6.07) is 1.73. The van der Waals surface area contributed by atoms with Gasteiger partial charge in [-0.25, -0.2) is 9.97 Å². The number of ether oxygens (including phenoxy) is 1. The van der Waals surface area contributed by atoms with Crippen molar-refractivity contribution in [1.29, 1.82) is 0 Å². The van der Waals surface area contributed by atoms with Crippen LogP contribution in [0.25, 0.3) is 10.2 Å². The average molecular weight is 476 g/mol. The van der Waals surface area contributed by atoms with Gasteiger partial charge in [-0.2, -0.15) is 13.2 Å². The van der Waals surface area contributed by atoms with Crippen molar-refractivity contribution in [3.05, 3.63) is 23.5 Å². The lowest BCUT2D eigenvalue weighted by molar-refractivity contribution is -0.190. The van der Waals surface area contributed by atoms with Crippen LogP contribution in [0.1, 0.15) is 23.9 Å². The Bertz CT molecular complexity index is 928. The number of halogens is 4. The number of thiophene rings is 1. The molecule has 2 bridgehead atoms. The number of carbonyl (C=O) groups excluding carboxylic acids is 1. The third-order valence-corrected chi connectivity index (χ3v) is 7.58. The number of amides is 1. The second-order valence-electron chi connectivity index (χ2n) is 8.11. The van der Waals surface area contributed by atoms with E-state index in [1.54, 1.807) is 17.5 Å². The van der Waals surface area contributed by atoms with Crippen LogP contribution in [-0.4, -0.2) is 87.2 Å². The predicted molar refractivity (Wildman–Crippen MR) is 109 cm³/mol. The minimum atomic E-state index is -4.85. The molecule has 0 aromatic carbocycles. The van der Waals surface area contributed by atoms with Crippen LogP contribution in [0, 0.1) is 0 Å². The zero-order chi connectivity index (χ0) is 21.8. The molecule has 3 fully saturated rings. The molecule has 2 aromatic heterocycles. The fraction of sp³-hybridized carbons (Fsp3) is 0.632. The Morgan fingerprint density at radius 3 is 2.65 bits per heavy atom. The van der Waals surface area contributed by atoms with E-state index in [4.69, 9.17) is 16.3 Å². The maximum Gasteiger partial charge on any atom is 0.471 e. The zero-order valence-electron chi connectivity index (χ0n) is 16.5. The molecule has 2 aromatic rings. The van der Waals surface area contributed by atoms with Gasteiger partial charge in [0.1, 0.15) is 11.9 Å². The molecule has 0 saturated carbocycles. The highest BCUT2D eigenvalue weighted by atomic mass is 35.5. The summed E-state index contributed by atoms with van der Waals surface area (Å²) in [7, 11) is 0. The first-order valence-corrected chi connectivity index (χ1v) is 11.4. The molecule has 1 amide bonds. The smallest absolute Gasteiger partial charge is 0.360 e. The van der Waals surface area contributed by atoms with Crippen molar-refractivity contribution in [3.63, 3.8) is 0 Å². The van der Waals surface area contributed by atoms with E-state index in [2.05, 4.69) is 19.8 Å². The maximum absolute atomic E-state index is 13.0. The third kappa shape index (κ3) is 4.02. The number of nitrogens with zero attached hydrogens (tertiary/aromatic N) is 5. The Hall–Kier alpha value is -1.53. The summed E-state index contributed by atoms with van der Waals surface area (Å²) >= 11 is 7.87. The fourth-order valence-corrected chi connectivity index (χ4v) is 6.37. The largest absolute Gasteiger partial charge is 0.471 e.